The molecular formula is C21H23N3O3S. The van der Waals surface area contributed by atoms with E-state index in [9.17, 15) is 4.79 Å². The number of aromatic nitrogens is 1. The number of fused-ring (bicyclic) bond motifs is 1. The molecule has 0 unspecified atom stereocenters. The van der Waals surface area contributed by atoms with Crippen LogP contribution in [0, 0.1) is 6.92 Å². The van der Waals surface area contributed by atoms with E-state index < -0.39 is 0 Å². The van der Waals surface area contributed by atoms with Gasteiger partial charge < -0.3 is 25.1 Å². The molecule has 6 nitrogen and oxygen atoms in total. The maximum atomic E-state index is 12.3. The first kappa shape index (κ1) is 19.7. The van der Waals surface area contributed by atoms with Gasteiger partial charge in [-0.15, -0.1) is 0 Å². The number of hydrogen-bond acceptors (Lipinski definition) is 4. The van der Waals surface area contributed by atoms with Crippen molar-refractivity contribution >= 4 is 33.9 Å². The number of H-pyrrole nitrogens is 1. The number of anilines is 1. The van der Waals surface area contributed by atoms with Crippen LogP contribution < -0.4 is 25.7 Å². The van der Waals surface area contributed by atoms with Crippen LogP contribution >= 0.6 is 12.2 Å². The third kappa shape index (κ3) is 4.61. The molecule has 146 valence electrons. The topological polar surface area (TPSA) is 75.4 Å². The van der Waals surface area contributed by atoms with Gasteiger partial charge in [-0.05, 0) is 66.8 Å². The zero-order chi connectivity index (χ0) is 20.1. The molecule has 0 amide bonds. The van der Waals surface area contributed by atoms with E-state index in [0.29, 0.717) is 29.4 Å². The van der Waals surface area contributed by atoms with Crippen molar-refractivity contribution in [2.45, 2.75) is 13.3 Å². The van der Waals surface area contributed by atoms with E-state index in [2.05, 4.69) is 15.6 Å². The van der Waals surface area contributed by atoms with Gasteiger partial charge in [-0.1, -0.05) is 6.07 Å². The molecule has 0 saturated heterocycles. The highest BCUT2D eigenvalue weighted by molar-refractivity contribution is 7.80. The lowest BCUT2D eigenvalue weighted by Crippen LogP contribution is -2.31. The molecule has 7 heteroatoms. The summed E-state index contributed by atoms with van der Waals surface area (Å²) in [7, 11) is 3.22. The van der Waals surface area contributed by atoms with E-state index in [1.54, 1.807) is 14.2 Å². The molecule has 1 heterocycles. The predicted molar refractivity (Wildman–Crippen MR) is 117 cm³/mol. The molecule has 0 radical (unpaired) electrons. The van der Waals surface area contributed by atoms with Crippen molar-refractivity contribution in [3.05, 3.63) is 63.9 Å². The minimum Gasteiger partial charge on any atom is -0.497 e. The smallest absolute Gasteiger partial charge is 0.251 e. The van der Waals surface area contributed by atoms with Gasteiger partial charge in [-0.3, -0.25) is 4.79 Å². The fraction of sp³-hybridized carbons (Fsp3) is 0.238. The number of nitrogens with one attached hydrogen (secondary N) is 3. The summed E-state index contributed by atoms with van der Waals surface area (Å²) in [4.78, 5) is 15.2. The summed E-state index contributed by atoms with van der Waals surface area (Å²) in [5.41, 5.74) is 3.25. The van der Waals surface area contributed by atoms with Gasteiger partial charge in [-0.2, -0.15) is 0 Å². The van der Waals surface area contributed by atoms with Crippen LogP contribution in [0.5, 0.6) is 11.5 Å². The monoisotopic (exact) mass is 397 g/mol. The van der Waals surface area contributed by atoms with Crippen LogP contribution in [0.3, 0.4) is 0 Å². The molecule has 3 N–H and O–H groups in total. The van der Waals surface area contributed by atoms with Gasteiger partial charge in [-0.25, -0.2) is 0 Å². The van der Waals surface area contributed by atoms with Crippen LogP contribution in [0.2, 0.25) is 0 Å². The molecule has 0 saturated carbocycles. The zero-order valence-corrected chi connectivity index (χ0v) is 16.9. The Labute approximate surface area is 168 Å². The first-order chi connectivity index (χ1) is 13.5. The maximum absolute atomic E-state index is 12.3. The lowest BCUT2D eigenvalue weighted by molar-refractivity contribution is 0.415. The molecule has 3 rings (SSSR count). The van der Waals surface area contributed by atoms with Gasteiger partial charge in [0.25, 0.3) is 5.56 Å². The molecule has 0 aliphatic rings. The molecular weight excluding hydrogens is 374 g/mol. The maximum Gasteiger partial charge on any atom is 0.251 e. The second kappa shape index (κ2) is 8.75. The lowest BCUT2D eigenvalue weighted by atomic mass is 10.1. The second-order valence-corrected chi connectivity index (χ2v) is 6.82. The summed E-state index contributed by atoms with van der Waals surface area (Å²) in [6.07, 6.45) is 0.546. The van der Waals surface area contributed by atoms with Crippen LogP contribution in [0.1, 0.15) is 11.1 Å². The van der Waals surface area contributed by atoms with Crippen LogP contribution in [-0.4, -0.2) is 30.9 Å². The number of aromatic amines is 1. The van der Waals surface area contributed by atoms with E-state index in [-0.39, 0.29) is 5.56 Å². The van der Waals surface area contributed by atoms with E-state index in [1.165, 1.54) is 0 Å². The molecule has 0 atom stereocenters. The molecule has 3 aromatic rings. The Morgan fingerprint density at radius 2 is 1.93 bits per heavy atom. The fourth-order valence-electron chi connectivity index (χ4n) is 2.93. The normalized spacial score (nSPS) is 10.5. The summed E-state index contributed by atoms with van der Waals surface area (Å²) in [5.74, 6) is 1.43. The number of hydrogen-bond donors (Lipinski definition) is 3. The molecule has 0 aliphatic carbocycles. The van der Waals surface area contributed by atoms with Crippen molar-refractivity contribution in [1.82, 2.24) is 10.3 Å². The summed E-state index contributed by atoms with van der Waals surface area (Å²) < 4.78 is 10.5. The highest BCUT2D eigenvalue weighted by Crippen LogP contribution is 2.25. The quantitative estimate of drug-likeness (QED) is 0.554. The van der Waals surface area contributed by atoms with E-state index in [0.717, 1.165) is 27.9 Å². The standard InChI is InChI=1S/C21H23N3O3S/c1-13-4-7-19(27-3)18(10-13)24-21(28)22-9-8-15-11-14-5-6-16(26-2)12-17(14)23-20(15)25/h4-7,10-12H,8-9H2,1-3H3,(H,23,25)(H2,22,24,28). The first-order valence-electron chi connectivity index (χ1n) is 8.89. The van der Waals surface area contributed by atoms with E-state index >= 15 is 0 Å². The van der Waals surface area contributed by atoms with Crippen molar-refractivity contribution in [3.63, 3.8) is 0 Å². The van der Waals surface area contributed by atoms with Crippen LogP contribution in [0.4, 0.5) is 5.69 Å². The number of thiocarbonyl (C=S) groups is 1. The Hall–Kier alpha value is -3.06. The number of ether oxygens (including phenoxy) is 2. The lowest BCUT2D eigenvalue weighted by Gasteiger charge is -2.14. The Morgan fingerprint density at radius 3 is 2.68 bits per heavy atom. The molecule has 0 bridgehead atoms. The Kier molecular flexibility index (Phi) is 6.16. The van der Waals surface area contributed by atoms with Gasteiger partial charge in [0.15, 0.2) is 5.11 Å². The number of benzene rings is 2. The predicted octanol–water partition coefficient (Wildman–Crippen LogP) is 3.38. The third-order valence-corrected chi connectivity index (χ3v) is 4.66. The number of methoxy groups -OCH3 is 2. The van der Waals surface area contributed by atoms with Crippen LogP contribution in [0.15, 0.2) is 47.3 Å². The highest BCUT2D eigenvalue weighted by atomic mass is 32.1. The molecule has 0 fully saturated rings. The van der Waals surface area contributed by atoms with Gasteiger partial charge in [0, 0.05) is 18.2 Å². The summed E-state index contributed by atoms with van der Waals surface area (Å²) in [6, 6.07) is 13.3. The highest BCUT2D eigenvalue weighted by Gasteiger charge is 2.07. The minimum atomic E-state index is -0.109. The molecule has 0 spiro atoms. The first-order valence-corrected chi connectivity index (χ1v) is 9.30. The van der Waals surface area contributed by atoms with Crippen molar-refractivity contribution in [3.8, 4) is 11.5 Å². The minimum absolute atomic E-state index is 0.109. The van der Waals surface area contributed by atoms with Crippen molar-refractivity contribution in [2.24, 2.45) is 0 Å². The summed E-state index contributed by atoms with van der Waals surface area (Å²) in [6.45, 7) is 2.54. The van der Waals surface area contributed by atoms with Crippen molar-refractivity contribution in [1.29, 1.82) is 0 Å². The summed E-state index contributed by atoms with van der Waals surface area (Å²) in [5, 5.41) is 7.71. The fourth-order valence-corrected chi connectivity index (χ4v) is 3.15. The zero-order valence-electron chi connectivity index (χ0n) is 16.1. The van der Waals surface area contributed by atoms with Gasteiger partial charge >= 0.3 is 0 Å². The second-order valence-electron chi connectivity index (χ2n) is 6.41. The molecule has 0 aliphatic heterocycles. The molecule has 1 aromatic heterocycles. The number of aryl methyl sites for hydroxylation is 1. The third-order valence-electron chi connectivity index (χ3n) is 4.41. The SMILES string of the molecule is COc1ccc2cc(CCNC(=S)Nc3cc(C)ccc3OC)c(=O)[nH]c2c1. The molecule has 2 aromatic carbocycles. The van der Waals surface area contributed by atoms with E-state index in [4.69, 9.17) is 21.7 Å². The Morgan fingerprint density at radius 1 is 1.11 bits per heavy atom. The average molecular weight is 398 g/mol. The van der Waals surface area contributed by atoms with Crippen LogP contribution in [0.25, 0.3) is 10.9 Å². The number of pyridine rings is 1. The van der Waals surface area contributed by atoms with E-state index in [1.807, 2.05) is 49.4 Å². The molecule has 28 heavy (non-hydrogen) atoms. The Bertz CT molecular complexity index is 1060. The Balaban J connectivity index is 1.63. The van der Waals surface area contributed by atoms with Crippen molar-refractivity contribution in [2.75, 3.05) is 26.1 Å². The van der Waals surface area contributed by atoms with Crippen molar-refractivity contribution < 1.29 is 9.47 Å². The van der Waals surface area contributed by atoms with Gasteiger partial charge in [0.1, 0.15) is 11.5 Å². The number of rotatable bonds is 6. The van der Waals surface area contributed by atoms with Gasteiger partial charge in [0.05, 0.1) is 25.4 Å². The average Bonchev–Trinajstić information content (AvgIpc) is 2.68. The summed E-state index contributed by atoms with van der Waals surface area (Å²) >= 11 is 5.36. The van der Waals surface area contributed by atoms with Crippen LogP contribution in [-0.2, 0) is 6.42 Å². The largest absolute Gasteiger partial charge is 0.497 e. The van der Waals surface area contributed by atoms with Gasteiger partial charge in [0.2, 0.25) is 0 Å².